The Hall–Kier alpha value is -2.17. The summed E-state index contributed by atoms with van der Waals surface area (Å²) in [5.74, 6) is -1.18. The van der Waals surface area contributed by atoms with E-state index < -0.39 is 5.97 Å². The molecule has 1 aromatic rings. The average Bonchev–Trinajstić information content (AvgIpc) is 2.69. The van der Waals surface area contributed by atoms with Gasteiger partial charge in [0, 0.05) is 12.8 Å². The minimum atomic E-state index is -0.567. The van der Waals surface area contributed by atoms with Crippen molar-refractivity contribution in [2.45, 2.75) is 19.4 Å². The maximum absolute atomic E-state index is 11.5. The van der Waals surface area contributed by atoms with Crippen LogP contribution in [0.1, 0.15) is 18.4 Å². The molecule has 1 fully saturated rings. The van der Waals surface area contributed by atoms with Crippen molar-refractivity contribution < 1.29 is 19.1 Å². The van der Waals surface area contributed by atoms with Gasteiger partial charge < -0.3 is 4.74 Å². The minimum Gasteiger partial charge on any atom is -0.459 e. The molecule has 0 radical (unpaired) electrons. The predicted octanol–water partition coefficient (Wildman–Crippen LogP) is 0.879. The maximum atomic E-state index is 11.5. The molecule has 1 aliphatic rings. The van der Waals surface area contributed by atoms with Gasteiger partial charge in [0.05, 0.1) is 0 Å². The lowest BCUT2D eigenvalue weighted by Gasteiger charge is -2.12. The number of ether oxygens (including phenoxy) is 1. The normalized spacial score (nSPS) is 15.0. The number of amides is 2. The molecule has 5 heteroatoms. The summed E-state index contributed by atoms with van der Waals surface area (Å²) in [7, 11) is 0. The van der Waals surface area contributed by atoms with Crippen LogP contribution in [-0.2, 0) is 25.7 Å². The van der Waals surface area contributed by atoms with E-state index >= 15 is 0 Å². The second-order valence-corrected chi connectivity index (χ2v) is 4.02. The Bertz CT molecular complexity index is 453. The van der Waals surface area contributed by atoms with E-state index in [1.165, 1.54) is 0 Å². The fraction of sp³-hybridized carbons (Fsp3) is 0.308. The topological polar surface area (TPSA) is 63.7 Å². The van der Waals surface area contributed by atoms with Gasteiger partial charge in [-0.25, -0.2) is 0 Å². The molecule has 94 valence electrons. The Kier molecular flexibility index (Phi) is 3.72. The van der Waals surface area contributed by atoms with Crippen LogP contribution < -0.4 is 0 Å². The van der Waals surface area contributed by atoms with Crippen molar-refractivity contribution in [3.63, 3.8) is 0 Å². The van der Waals surface area contributed by atoms with E-state index in [1.54, 1.807) is 0 Å². The zero-order valence-electron chi connectivity index (χ0n) is 9.80. The first-order valence-electron chi connectivity index (χ1n) is 5.69. The first-order chi connectivity index (χ1) is 8.66. The van der Waals surface area contributed by atoms with Crippen molar-refractivity contribution in [3.8, 4) is 0 Å². The van der Waals surface area contributed by atoms with E-state index in [9.17, 15) is 14.4 Å². The lowest BCUT2D eigenvalue weighted by Crippen LogP contribution is -2.35. The van der Waals surface area contributed by atoms with Gasteiger partial charge in [0.1, 0.15) is 13.2 Å². The Balaban J connectivity index is 1.82. The summed E-state index contributed by atoms with van der Waals surface area (Å²) >= 11 is 0. The van der Waals surface area contributed by atoms with Crippen LogP contribution in [0.3, 0.4) is 0 Å². The van der Waals surface area contributed by atoms with Crippen LogP contribution in [0.4, 0.5) is 0 Å². The molecule has 2 rings (SSSR count). The Labute approximate surface area is 104 Å². The van der Waals surface area contributed by atoms with Gasteiger partial charge in [-0.1, -0.05) is 30.3 Å². The molecule has 0 atom stereocenters. The SMILES string of the molecule is O=C(CN1C(=O)CCC1=O)OCc1ccccc1. The second-order valence-electron chi connectivity index (χ2n) is 4.02. The van der Waals surface area contributed by atoms with Gasteiger partial charge in [-0.15, -0.1) is 0 Å². The van der Waals surface area contributed by atoms with Gasteiger partial charge in [0.25, 0.3) is 0 Å². The van der Waals surface area contributed by atoms with Crippen LogP contribution in [-0.4, -0.2) is 29.2 Å². The van der Waals surface area contributed by atoms with Gasteiger partial charge in [-0.3, -0.25) is 19.3 Å². The molecule has 0 bridgehead atoms. The molecule has 0 N–H and O–H groups in total. The third kappa shape index (κ3) is 2.94. The van der Waals surface area contributed by atoms with Crippen molar-refractivity contribution >= 4 is 17.8 Å². The number of hydrogen-bond acceptors (Lipinski definition) is 4. The summed E-state index contributed by atoms with van der Waals surface area (Å²) in [5.41, 5.74) is 0.866. The molecule has 2 amide bonds. The first-order valence-corrected chi connectivity index (χ1v) is 5.69. The van der Waals surface area contributed by atoms with Crippen LogP contribution in [0.2, 0.25) is 0 Å². The molecule has 1 heterocycles. The number of carbonyl (C=O) groups is 3. The van der Waals surface area contributed by atoms with Gasteiger partial charge in [-0.05, 0) is 5.56 Å². The summed E-state index contributed by atoms with van der Waals surface area (Å²) < 4.78 is 5.00. The quantitative estimate of drug-likeness (QED) is 0.585. The zero-order chi connectivity index (χ0) is 13.0. The lowest BCUT2D eigenvalue weighted by molar-refractivity contribution is -0.153. The standard InChI is InChI=1S/C13H13NO4/c15-11-6-7-12(16)14(11)8-13(17)18-9-10-4-2-1-3-5-10/h1-5H,6-9H2. The molecule has 1 aromatic carbocycles. The molecule has 5 nitrogen and oxygen atoms in total. The van der Waals surface area contributed by atoms with Crippen molar-refractivity contribution in [1.82, 2.24) is 4.90 Å². The van der Waals surface area contributed by atoms with Crippen LogP contribution in [0.25, 0.3) is 0 Å². The van der Waals surface area contributed by atoms with E-state index in [1.807, 2.05) is 30.3 Å². The van der Waals surface area contributed by atoms with Crippen LogP contribution in [0.5, 0.6) is 0 Å². The van der Waals surface area contributed by atoms with Crippen molar-refractivity contribution in [2.75, 3.05) is 6.54 Å². The van der Waals surface area contributed by atoms with Gasteiger partial charge in [-0.2, -0.15) is 0 Å². The van der Waals surface area contributed by atoms with E-state index in [0.717, 1.165) is 10.5 Å². The molecule has 18 heavy (non-hydrogen) atoms. The summed E-state index contributed by atoms with van der Waals surface area (Å²) in [5, 5.41) is 0. The number of carbonyl (C=O) groups excluding carboxylic acids is 3. The van der Waals surface area contributed by atoms with Gasteiger partial charge in [0.15, 0.2) is 0 Å². The number of esters is 1. The van der Waals surface area contributed by atoms with Crippen molar-refractivity contribution in [3.05, 3.63) is 35.9 Å². The highest BCUT2D eigenvalue weighted by molar-refractivity contribution is 6.04. The second kappa shape index (κ2) is 5.44. The summed E-state index contributed by atoms with van der Waals surface area (Å²) in [4.78, 5) is 35.0. The van der Waals surface area contributed by atoms with E-state index in [0.29, 0.717) is 0 Å². The summed E-state index contributed by atoms with van der Waals surface area (Å²) in [6.45, 7) is -0.138. The van der Waals surface area contributed by atoms with E-state index in [-0.39, 0.29) is 37.8 Å². The van der Waals surface area contributed by atoms with Crippen LogP contribution in [0, 0.1) is 0 Å². The number of benzene rings is 1. The van der Waals surface area contributed by atoms with Crippen molar-refractivity contribution in [2.24, 2.45) is 0 Å². The predicted molar refractivity (Wildman–Crippen MR) is 62.2 cm³/mol. The Morgan fingerprint density at radius 3 is 2.33 bits per heavy atom. The molecular formula is C13H13NO4. The molecule has 0 spiro atoms. The van der Waals surface area contributed by atoms with E-state index in [4.69, 9.17) is 4.74 Å². The highest BCUT2D eigenvalue weighted by atomic mass is 16.5. The van der Waals surface area contributed by atoms with Crippen LogP contribution >= 0.6 is 0 Å². The lowest BCUT2D eigenvalue weighted by atomic mass is 10.2. The third-order valence-electron chi connectivity index (χ3n) is 2.68. The molecule has 0 unspecified atom stereocenters. The minimum absolute atomic E-state index is 0.149. The number of rotatable bonds is 4. The number of imide groups is 1. The maximum Gasteiger partial charge on any atom is 0.326 e. The molecular weight excluding hydrogens is 234 g/mol. The molecule has 0 aromatic heterocycles. The van der Waals surface area contributed by atoms with Gasteiger partial charge >= 0.3 is 5.97 Å². The summed E-state index contributed by atoms with van der Waals surface area (Å²) in [6.07, 6.45) is 0.371. The highest BCUT2D eigenvalue weighted by Gasteiger charge is 2.30. The van der Waals surface area contributed by atoms with Crippen molar-refractivity contribution in [1.29, 1.82) is 0 Å². The molecule has 1 saturated heterocycles. The molecule has 1 aliphatic heterocycles. The number of likely N-dealkylation sites (tertiary alicyclic amines) is 1. The number of nitrogens with zero attached hydrogens (tertiary/aromatic N) is 1. The smallest absolute Gasteiger partial charge is 0.326 e. The average molecular weight is 247 g/mol. The zero-order valence-corrected chi connectivity index (χ0v) is 9.80. The van der Waals surface area contributed by atoms with Crippen LogP contribution in [0.15, 0.2) is 30.3 Å². The Morgan fingerprint density at radius 1 is 1.11 bits per heavy atom. The third-order valence-corrected chi connectivity index (χ3v) is 2.68. The first kappa shape index (κ1) is 12.3. The van der Waals surface area contributed by atoms with Gasteiger partial charge in [0.2, 0.25) is 11.8 Å². The fourth-order valence-electron chi connectivity index (χ4n) is 1.71. The summed E-state index contributed by atoms with van der Waals surface area (Å²) in [6, 6.07) is 9.22. The number of hydrogen-bond donors (Lipinski definition) is 0. The Morgan fingerprint density at radius 2 is 1.72 bits per heavy atom. The monoisotopic (exact) mass is 247 g/mol. The molecule has 0 aliphatic carbocycles. The largest absolute Gasteiger partial charge is 0.459 e. The van der Waals surface area contributed by atoms with E-state index in [2.05, 4.69) is 0 Å². The highest BCUT2D eigenvalue weighted by Crippen LogP contribution is 2.11. The fourth-order valence-corrected chi connectivity index (χ4v) is 1.71. The molecule has 0 saturated carbocycles.